The molecule has 0 bridgehead atoms. The maximum absolute atomic E-state index is 13.6. The summed E-state index contributed by atoms with van der Waals surface area (Å²) in [5.74, 6) is -0.826. The van der Waals surface area contributed by atoms with Crippen LogP contribution in [-0.2, 0) is 15.1 Å². The summed E-state index contributed by atoms with van der Waals surface area (Å²) in [6.07, 6.45) is 0.754. The number of rotatable bonds is 6. The van der Waals surface area contributed by atoms with Gasteiger partial charge in [0.2, 0.25) is 5.91 Å². The van der Waals surface area contributed by atoms with Crippen LogP contribution < -0.4 is 10.6 Å². The van der Waals surface area contributed by atoms with Gasteiger partial charge in [-0.15, -0.1) is 0 Å². The van der Waals surface area contributed by atoms with E-state index in [2.05, 4.69) is 31.4 Å². The maximum atomic E-state index is 13.6. The van der Waals surface area contributed by atoms with E-state index in [1.807, 2.05) is 50.2 Å². The van der Waals surface area contributed by atoms with Crippen molar-refractivity contribution in [3.05, 3.63) is 71.8 Å². The highest BCUT2D eigenvalue weighted by molar-refractivity contribution is 6.11. The van der Waals surface area contributed by atoms with E-state index in [4.69, 9.17) is 0 Å². The zero-order valence-corrected chi connectivity index (χ0v) is 18.9. The van der Waals surface area contributed by atoms with Crippen molar-refractivity contribution in [2.45, 2.75) is 52.1 Å². The van der Waals surface area contributed by atoms with E-state index < -0.39 is 23.0 Å². The van der Waals surface area contributed by atoms with Crippen LogP contribution >= 0.6 is 0 Å². The molecule has 0 aliphatic carbocycles. The van der Waals surface area contributed by atoms with Crippen molar-refractivity contribution in [1.29, 1.82) is 0 Å². The zero-order valence-electron chi connectivity index (χ0n) is 18.9. The van der Waals surface area contributed by atoms with Crippen LogP contribution in [0.25, 0.3) is 0 Å². The van der Waals surface area contributed by atoms with Crippen molar-refractivity contribution < 1.29 is 14.4 Å². The Labute approximate surface area is 184 Å². The van der Waals surface area contributed by atoms with Crippen LogP contribution in [0.15, 0.2) is 60.7 Å². The minimum Gasteiger partial charge on any atom is -0.350 e. The number of urea groups is 1. The van der Waals surface area contributed by atoms with Gasteiger partial charge in [-0.05, 0) is 36.8 Å². The molecule has 2 aromatic rings. The number of hydrogen-bond acceptors (Lipinski definition) is 3. The van der Waals surface area contributed by atoms with Crippen LogP contribution in [0, 0.1) is 5.41 Å². The summed E-state index contributed by atoms with van der Waals surface area (Å²) in [4.78, 5) is 40.3. The molecule has 0 saturated carbocycles. The van der Waals surface area contributed by atoms with Crippen molar-refractivity contribution in [2.24, 2.45) is 5.41 Å². The number of carbonyl (C=O) groups is 3. The number of nitrogens with one attached hydrogen (secondary N) is 2. The summed E-state index contributed by atoms with van der Waals surface area (Å²) in [5.41, 5.74) is -0.510. The minimum absolute atomic E-state index is 0.0212. The van der Waals surface area contributed by atoms with Gasteiger partial charge in [0.15, 0.2) is 5.54 Å². The third-order valence-corrected chi connectivity index (χ3v) is 5.27. The second kappa shape index (κ2) is 8.17. The Hall–Kier alpha value is -3.15. The van der Waals surface area contributed by atoms with Crippen molar-refractivity contribution in [2.75, 3.05) is 6.54 Å². The molecule has 1 fully saturated rings. The Morgan fingerprint density at radius 2 is 1.39 bits per heavy atom. The van der Waals surface area contributed by atoms with Gasteiger partial charge in [-0.1, -0.05) is 81.4 Å². The van der Waals surface area contributed by atoms with Gasteiger partial charge < -0.3 is 10.6 Å². The fourth-order valence-corrected chi connectivity index (χ4v) is 4.58. The van der Waals surface area contributed by atoms with E-state index in [-0.39, 0.29) is 17.9 Å². The third kappa shape index (κ3) is 4.79. The van der Waals surface area contributed by atoms with Gasteiger partial charge in [0.25, 0.3) is 5.91 Å². The van der Waals surface area contributed by atoms with Crippen molar-refractivity contribution in [3.8, 4) is 0 Å². The topological polar surface area (TPSA) is 78.5 Å². The molecule has 6 nitrogen and oxygen atoms in total. The normalized spacial score (nSPS) is 16.2. The van der Waals surface area contributed by atoms with Gasteiger partial charge in [-0.25, -0.2) is 4.79 Å². The van der Waals surface area contributed by atoms with Crippen LogP contribution in [0.5, 0.6) is 0 Å². The molecule has 164 valence electrons. The SMILES string of the molecule is CC(C)(C)CC(C)(C)NC(=O)CN1C(=O)NC(c2ccccc2)(c2ccccc2)C1=O. The number of imide groups is 1. The number of benzene rings is 2. The van der Waals surface area contributed by atoms with Gasteiger partial charge in [0, 0.05) is 5.54 Å². The number of nitrogens with zero attached hydrogens (tertiary/aromatic N) is 1. The van der Waals surface area contributed by atoms with E-state index in [0.717, 1.165) is 11.3 Å². The molecule has 2 N–H and O–H groups in total. The van der Waals surface area contributed by atoms with Gasteiger partial charge >= 0.3 is 6.03 Å². The maximum Gasteiger partial charge on any atom is 0.326 e. The van der Waals surface area contributed by atoms with Crippen molar-refractivity contribution in [3.63, 3.8) is 0 Å². The Morgan fingerprint density at radius 3 is 1.84 bits per heavy atom. The van der Waals surface area contributed by atoms with Gasteiger partial charge in [-0.2, -0.15) is 0 Å². The van der Waals surface area contributed by atoms with Crippen LogP contribution in [0.4, 0.5) is 4.79 Å². The highest BCUT2D eigenvalue weighted by Gasteiger charge is 2.54. The predicted molar refractivity (Wildman–Crippen MR) is 120 cm³/mol. The first-order chi connectivity index (χ1) is 14.4. The van der Waals surface area contributed by atoms with Crippen LogP contribution in [0.2, 0.25) is 0 Å². The molecule has 0 unspecified atom stereocenters. The molecule has 1 heterocycles. The van der Waals surface area contributed by atoms with E-state index in [0.29, 0.717) is 11.1 Å². The van der Waals surface area contributed by atoms with Crippen LogP contribution in [0.3, 0.4) is 0 Å². The van der Waals surface area contributed by atoms with E-state index in [1.54, 1.807) is 24.3 Å². The van der Waals surface area contributed by atoms with Gasteiger partial charge in [-0.3, -0.25) is 14.5 Å². The minimum atomic E-state index is -1.36. The molecule has 1 aliphatic heterocycles. The fourth-order valence-electron chi connectivity index (χ4n) is 4.58. The molecule has 2 aromatic carbocycles. The Morgan fingerprint density at radius 1 is 0.903 bits per heavy atom. The monoisotopic (exact) mass is 421 g/mol. The lowest BCUT2D eigenvalue weighted by molar-refractivity contribution is -0.134. The molecule has 6 heteroatoms. The standard InChI is InChI=1S/C25H31N3O3/c1-23(2,3)17-24(4,5)26-20(29)16-28-21(30)25(27-22(28)31,18-12-8-6-9-13-18)19-14-10-7-11-15-19/h6-15H,16-17H2,1-5H3,(H,26,29)(H,27,31). The summed E-state index contributed by atoms with van der Waals surface area (Å²) in [7, 11) is 0. The number of carbonyl (C=O) groups excluding carboxylic acids is 3. The first-order valence-corrected chi connectivity index (χ1v) is 10.5. The summed E-state index contributed by atoms with van der Waals surface area (Å²) >= 11 is 0. The zero-order chi connectivity index (χ0) is 22.9. The lowest BCUT2D eigenvalue weighted by Gasteiger charge is -2.33. The number of hydrogen-bond donors (Lipinski definition) is 2. The molecule has 3 rings (SSSR count). The van der Waals surface area contributed by atoms with Crippen molar-refractivity contribution in [1.82, 2.24) is 15.5 Å². The van der Waals surface area contributed by atoms with Crippen molar-refractivity contribution >= 4 is 17.8 Å². The van der Waals surface area contributed by atoms with Gasteiger partial charge in [0.1, 0.15) is 6.54 Å². The first kappa shape index (κ1) is 22.5. The Kier molecular flexibility index (Phi) is 5.94. The average molecular weight is 422 g/mol. The summed E-state index contributed by atoms with van der Waals surface area (Å²) in [6.45, 7) is 9.87. The largest absolute Gasteiger partial charge is 0.350 e. The summed E-state index contributed by atoms with van der Waals surface area (Å²) in [6, 6.07) is 17.6. The average Bonchev–Trinajstić information content (AvgIpc) is 2.92. The molecule has 0 atom stereocenters. The predicted octanol–water partition coefficient (Wildman–Crippen LogP) is 3.81. The molecular formula is C25H31N3O3. The Bertz CT molecular complexity index is 923. The summed E-state index contributed by atoms with van der Waals surface area (Å²) in [5, 5.41) is 5.84. The smallest absolute Gasteiger partial charge is 0.326 e. The van der Waals surface area contributed by atoms with Gasteiger partial charge in [0.05, 0.1) is 0 Å². The summed E-state index contributed by atoms with van der Waals surface area (Å²) < 4.78 is 0. The van der Waals surface area contributed by atoms with Crippen LogP contribution in [0.1, 0.15) is 52.2 Å². The molecule has 0 spiro atoms. The third-order valence-electron chi connectivity index (χ3n) is 5.27. The molecule has 0 radical (unpaired) electrons. The second-order valence-corrected chi connectivity index (χ2v) is 9.97. The molecule has 0 aromatic heterocycles. The first-order valence-electron chi connectivity index (χ1n) is 10.5. The lowest BCUT2D eigenvalue weighted by Crippen LogP contribution is -2.51. The molecule has 4 amide bonds. The lowest BCUT2D eigenvalue weighted by atomic mass is 9.82. The Balaban J connectivity index is 1.89. The highest BCUT2D eigenvalue weighted by Crippen LogP contribution is 2.36. The quantitative estimate of drug-likeness (QED) is 0.696. The molecule has 1 saturated heterocycles. The van der Waals surface area contributed by atoms with E-state index in [9.17, 15) is 14.4 Å². The second-order valence-electron chi connectivity index (χ2n) is 9.97. The van der Waals surface area contributed by atoms with E-state index in [1.165, 1.54) is 0 Å². The highest BCUT2D eigenvalue weighted by atomic mass is 16.2. The molecule has 31 heavy (non-hydrogen) atoms. The van der Waals surface area contributed by atoms with Crippen LogP contribution in [-0.4, -0.2) is 34.8 Å². The molecule has 1 aliphatic rings. The number of amides is 4. The molecular weight excluding hydrogens is 390 g/mol. The fraction of sp³-hybridized carbons (Fsp3) is 0.400. The van der Waals surface area contributed by atoms with E-state index >= 15 is 0 Å².